The van der Waals surface area contributed by atoms with Crippen LogP contribution in [0.1, 0.15) is 57.8 Å². The number of hydrogen-bond donors (Lipinski definition) is 2. The summed E-state index contributed by atoms with van der Waals surface area (Å²) in [5.41, 5.74) is -0.805. The van der Waals surface area contributed by atoms with Gasteiger partial charge in [0.05, 0.1) is 22.6 Å². The van der Waals surface area contributed by atoms with Gasteiger partial charge in [-0.05, 0) is 25.3 Å². The second-order valence-corrected chi connectivity index (χ2v) is 10.7. The fourth-order valence-corrected chi connectivity index (χ4v) is 5.90. The van der Waals surface area contributed by atoms with E-state index in [1.54, 1.807) is 31.3 Å². The summed E-state index contributed by atoms with van der Waals surface area (Å²) in [5.74, 6) is 5.67. The van der Waals surface area contributed by atoms with E-state index < -0.39 is 17.6 Å². The number of hydrogen-bond acceptors (Lipinski definition) is 4. The number of carbonyl (C=O) groups is 1. The zero-order valence-electron chi connectivity index (χ0n) is 19.1. The topological polar surface area (TPSA) is 57.5 Å². The fraction of sp³-hybridized carbons (Fsp3) is 0.519. The largest absolute Gasteiger partial charge is 0.391 e. The van der Waals surface area contributed by atoms with Crippen molar-refractivity contribution in [3.05, 3.63) is 46.3 Å². The van der Waals surface area contributed by atoms with Crippen LogP contribution in [0.4, 0.5) is 0 Å². The normalized spacial score (nSPS) is 23.6. The Bertz CT molecular complexity index is 1030. The number of carbonyl (C=O) groups excluding carboxylic acids is 1. The van der Waals surface area contributed by atoms with Crippen LogP contribution in [-0.4, -0.2) is 28.2 Å². The highest BCUT2D eigenvalue weighted by Crippen LogP contribution is 2.44. The average molecular weight is 473 g/mol. The van der Waals surface area contributed by atoms with Gasteiger partial charge in [0.1, 0.15) is 5.78 Å². The van der Waals surface area contributed by atoms with Crippen molar-refractivity contribution in [3.8, 4) is 11.8 Å². The minimum atomic E-state index is -0.805. The van der Waals surface area contributed by atoms with Crippen molar-refractivity contribution in [2.45, 2.75) is 71.5 Å². The Hall–Kier alpha value is -1.64. The molecule has 0 saturated heterocycles. The quantitative estimate of drug-likeness (QED) is 0.273. The van der Waals surface area contributed by atoms with Crippen LogP contribution in [-0.2, 0) is 11.2 Å². The molecule has 3 rings (SSSR count). The first-order valence-electron chi connectivity index (χ1n) is 11.5. The van der Waals surface area contributed by atoms with Crippen LogP contribution in [0, 0.1) is 29.1 Å². The van der Waals surface area contributed by atoms with Gasteiger partial charge in [0.2, 0.25) is 0 Å². The van der Waals surface area contributed by atoms with E-state index in [0.717, 1.165) is 39.2 Å². The first-order chi connectivity index (χ1) is 15.3. The molecule has 0 amide bonds. The number of ketones is 1. The molecular formula is C27H33ClO3S. The Morgan fingerprint density at radius 2 is 2.03 bits per heavy atom. The lowest BCUT2D eigenvalue weighted by Crippen LogP contribution is -2.31. The number of rotatable bonds is 8. The van der Waals surface area contributed by atoms with Crippen molar-refractivity contribution >= 4 is 38.8 Å². The second-order valence-electron chi connectivity index (χ2n) is 9.20. The SMILES string of the molecule is CCCCC#CC[C@H]1C(=O)C(C)(C)[C@@H](O)[C@@H]1/C=C/C(O)CCc1sc2ccccc2c1Cl. The molecule has 1 aromatic heterocycles. The van der Waals surface area contributed by atoms with Crippen LogP contribution in [0.3, 0.4) is 0 Å². The number of thiophene rings is 1. The van der Waals surface area contributed by atoms with Crippen LogP contribution >= 0.6 is 22.9 Å². The van der Waals surface area contributed by atoms with Gasteiger partial charge in [-0.25, -0.2) is 0 Å². The number of aliphatic hydroxyl groups is 2. The molecule has 1 aliphatic rings. The van der Waals surface area contributed by atoms with Gasteiger partial charge in [0, 0.05) is 39.6 Å². The molecule has 4 atom stereocenters. The van der Waals surface area contributed by atoms with Gasteiger partial charge in [-0.15, -0.1) is 23.2 Å². The summed E-state index contributed by atoms with van der Waals surface area (Å²) >= 11 is 8.17. The predicted octanol–water partition coefficient (Wildman–Crippen LogP) is 6.19. The van der Waals surface area contributed by atoms with Crippen molar-refractivity contribution in [3.63, 3.8) is 0 Å². The third-order valence-corrected chi connectivity index (χ3v) is 8.24. The maximum atomic E-state index is 12.9. The summed E-state index contributed by atoms with van der Waals surface area (Å²) in [5, 5.41) is 23.2. The molecule has 1 heterocycles. The molecule has 0 aliphatic heterocycles. The molecule has 0 spiro atoms. The monoisotopic (exact) mass is 472 g/mol. The molecule has 1 saturated carbocycles. The molecule has 172 valence electrons. The molecule has 3 nitrogen and oxygen atoms in total. The Morgan fingerprint density at radius 1 is 1.28 bits per heavy atom. The van der Waals surface area contributed by atoms with Crippen LogP contribution in [0.2, 0.25) is 5.02 Å². The number of halogens is 1. The smallest absolute Gasteiger partial charge is 0.145 e. The van der Waals surface area contributed by atoms with Crippen LogP contribution in [0.15, 0.2) is 36.4 Å². The number of Topliss-reactive ketones (excluding diaryl/α,β-unsaturated/α-hetero) is 1. The lowest BCUT2D eigenvalue weighted by Gasteiger charge is -2.22. The number of unbranched alkanes of at least 4 members (excludes halogenated alkanes) is 2. The van der Waals surface area contributed by atoms with Gasteiger partial charge in [-0.2, -0.15) is 0 Å². The first-order valence-corrected chi connectivity index (χ1v) is 12.7. The van der Waals surface area contributed by atoms with Crippen molar-refractivity contribution in [1.29, 1.82) is 0 Å². The summed E-state index contributed by atoms with van der Waals surface area (Å²) in [6.45, 7) is 5.72. The molecule has 1 fully saturated rings. The minimum Gasteiger partial charge on any atom is -0.391 e. The maximum Gasteiger partial charge on any atom is 0.145 e. The minimum absolute atomic E-state index is 0.0518. The van der Waals surface area contributed by atoms with Gasteiger partial charge >= 0.3 is 0 Å². The van der Waals surface area contributed by atoms with Crippen LogP contribution < -0.4 is 0 Å². The highest BCUT2D eigenvalue weighted by atomic mass is 35.5. The van der Waals surface area contributed by atoms with E-state index in [9.17, 15) is 15.0 Å². The predicted molar refractivity (Wildman–Crippen MR) is 134 cm³/mol. The van der Waals surface area contributed by atoms with Crippen molar-refractivity contribution in [2.24, 2.45) is 17.3 Å². The zero-order valence-corrected chi connectivity index (χ0v) is 20.7. The Balaban J connectivity index is 1.65. The molecule has 1 unspecified atom stereocenters. The Kier molecular flexibility index (Phi) is 8.58. The second kappa shape index (κ2) is 11.0. The molecule has 32 heavy (non-hydrogen) atoms. The Labute approximate surface area is 200 Å². The third-order valence-electron chi connectivity index (χ3n) is 6.47. The van der Waals surface area contributed by atoms with Gasteiger partial charge < -0.3 is 10.2 Å². The third kappa shape index (κ3) is 5.46. The molecule has 1 aliphatic carbocycles. The molecular weight excluding hydrogens is 440 g/mol. The maximum absolute atomic E-state index is 12.9. The lowest BCUT2D eigenvalue weighted by atomic mass is 9.86. The van der Waals surface area contributed by atoms with Gasteiger partial charge in [-0.1, -0.05) is 69.1 Å². The molecule has 2 N–H and O–H groups in total. The molecule has 0 bridgehead atoms. The van der Waals surface area contributed by atoms with Gasteiger partial charge in [0.25, 0.3) is 0 Å². The van der Waals surface area contributed by atoms with E-state index in [0.29, 0.717) is 19.3 Å². The van der Waals surface area contributed by atoms with E-state index in [-0.39, 0.29) is 17.6 Å². The molecule has 1 aromatic carbocycles. The number of benzene rings is 1. The Morgan fingerprint density at radius 3 is 2.75 bits per heavy atom. The lowest BCUT2D eigenvalue weighted by molar-refractivity contribution is -0.129. The first kappa shape index (κ1) is 25.0. The average Bonchev–Trinajstić information content (AvgIpc) is 3.18. The zero-order chi connectivity index (χ0) is 23.3. The molecule has 5 heteroatoms. The van der Waals surface area contributed by atoms with Crippen molar-refractivity contribution < 1.29 is 15.0 Å². The molecule has 2 aromatic rings. The van der Waals surface area contributed by atoms with Crippen LogP contribution in [0.25, 0.3) is 10.1 Å². The summed E-state index contributed by atoms with van der Waals surface area (Å²) < 4.78 is 1.15. The highest BCUT2D eigenvalue weighted by Gasteiger charge is 2.53. The molecule has 0 radical (unpaired) electrons. The van der Waals surface area contributed by atoms with E-state index in [1.165, 1.54) is 0 Å². The standard InChI is InChI=1S/C27H33ClO3S/c1-4-5-6-7-8-11-19-20(26(31)27(2,3)25(19)30)16-14-18(29)15-17-23-24(28)21-12-9-10-13-22(21)32-23/h9-10,12-14,16,18-20,26,29,31H,4-6,11,15,17H2,1-3H3/b16-14+/t18?,19-,20-,26+/m1/s1. The van der Waals surface area contributed by atoms with Gasteiger partial charge in [-0.3, -0.25) is 4.79 Å². The number of aliphatic hydroxyl groups excluding tert-OH is 2. The summed E-state index contributed by atoms with van der Waals surface area (Å²) in [6, 6.07) is 8.04. The highest BCUT2D eigenvalue weighted by molar-refractivity contribution is 7.19. The van der Waals surface area contributed by atoms with E-state index in [2.05, 4.69) is 24.8 Å². The van der Waals surface area contributed by atoms with Gasteiger partial charge in [0.15, 0.2) is 0 Å². The number of aryl methyl sites for hydroxylation is 1. The number of fused-ring (bicyclic) bond motifs is 1. The van der Waals surface area contributed by atoms with E-state index >= 15 is 0 Å². The van der Waals surface area contributed by atoms with Crippen molar-refractivity contribution in [2.75, 3.05) is 0 Å². The summed E-state index contributed by atoms with van der Waals surface area (Å²) in [6.07, 6.45) is 6.75. The summed E-state index contributed by atoms with van der Waals surface area (Å²) in [4.78, 5) is 14.0. The van der Waals surface area contributed by atoms with E-state index in [4.69, 9.17) is 11.6 Å². The fourth-order valence-electron chi connectivity index (χ4n) is 4.36. The summed E-state index contributed by atoms with van der Waals surface area (Å²) in [7, 11) is 0. The van der Waals surface area contributed by atoms with E-state index in [1.807, 2.05) is 24.3 Å². The van der Waals surface area contributed by atoms with Crippen LogP contribution in [0.5, 0.6) is 0 Å². The van der Waals surface area contributed by atoms with Crippen molar-refractivity contribution in [1.82, 2.24) is 0 Å².